The van der Waals surface area contributed by atoms with Crippen molar-refractivity contribution in [2.75, 3.05) is 198 Å². The molecule has 0 amide bonds. The van der Waals surface area contributed by atoms with Crippen molar-refractivity contribution in [2.24, 2.45) is 0 Å². The number of hydrogen-bond acceptors (Lipinski definition) is 24. The first-order valence-electron chi connectivity index (χ1n) is 33.1. The van der Waals surface area contributed by atoms with Crippen molar-refractivity contribution < 1.29 is 112 Å². The van der Waals surface area contributed by atoms with E-state index >= 15 is 0 Å². The zero-order valence-corrected chi connectivity index (χ0v) is 59.7. The second-order valence-electron chi connectivity index (χ2n) is 19.7. The van der Waals surface area contributed by atoms with Gasteiger partial charge in [0.25, 0.3) is 23.5 Å². The van der Waals surface area contributed by atoms with Crippen LogP contribution < -0.4 is 14.7 Å². The van der Waals surface area contributed by atoms with Crippen LogP contribution >= 0.6 is 23.5 Å². The van der Waals surface area contributed by atoms with Crippen molar-refractivity contribution in [3.8, 4) is 0 Å². The second kappa shape index (κ2) is 79.8. The Hall–Kier alpha value is 0.382. The van der Waals surface area contributed by atoms with E-state index in [0.717, 1.165) is 116 Å². The number of hydrogen-bond donors (Lipinski definition) is 0. The van der Waals surface area contributed by atoms with E-state index in [9.17, 15) is 28.4 Å². The molecule has 0 atom stereocenters. The molecule has 0 spiro atoms. The Labute approximate surface area is 544 Å². The number of rotatable bonds is 72. The molecule has 0 heterocycles. The molecular formula is C60H126AlO24P3. The molecule has 0 aliphatic carbocycles. The molecule has 0 N–H and O–H groups in total. The Morgan fingerprint density at radius 3 is 0.420 bits per heavy atom. The fourth-order valence-electron chi connectivity index (χ4n) is 7.31. The van der Waals surface area contributed by atoms with Crippen LogP contribution in [0.5, 0.6) is 0 Å². The molecule has 0 aliphatic heterocycles. The fraction of sp³-hybridized carbons (Fsp3) is 1.00. The number of unbranched alkanes of at least 4 members (excludes halogenated alkanes) is 18. The topological polar surface area (TPSA) is 287 Å². The van der Waals surface area contributed by atoms with E-state index < -0.39 is 23.5 Å². The minimum absolute atomic E-state index is 0. The van der Waals surface area contributed by atoms with E-state index in [1.165, 1.54) is 0 Å². The molecule has 0 aromatic rings. The van der Waals surface area contributed by atoms with Crippen molar-refractivity contribution in [3.63, 3.8) is 0 Å². The van der Waals surface area contributed by atoms with E-state index in [2.05, 4.69) is 0 Å². The first-order chi connectivity index (χ1) is 42.4. The van der Waals surface area contributed by atoms with Crippen molar-refractivity contribution in [1.29, 1.82) is 0 Å². The monoisotopic (exact) mass is 1350 g/mol. The maximum atomic E-state index is 11.7. The van der Waals surface area contributed by atoms with Crippen LogP contribution in [0.15, 0.2) is 0 Å². The van der Waals surface area contributed by atoms with Gasteiger partial charge in [-0.15, -0.1) is 0 Å². The molecule has 0 radical (unpaired) electrons. The molecular weight excluding hydrogens is 1220 g/mol. The van der Waals surface area contributed by atoms with Gasteiger partial charge in [-0.2, -0.15) is 0 Å². The van der Waals surface area contributed by atoms with Crippen molar-refractivity contribution in [2.45, 2.75) is 196 Å². The summed E-state index contributed by atoms with van der Waals surface area (Å²) in [6.07, 6.45) is 21.2. The maximum Gasteiger partial charge on any atom is 3.00 e. The summed E-state index contributed by atoms with van der Waals surface area (Å²) in [5.41, 5.74) is 0. The molecule has 0 saturated carbocycles. The molecule has 0 bridgehead atoms. The van der Waals surface area contributed by atoms with Gasteiger partial charge in [-0.25, -0.2) is 0 Å². The van der Waals surface area contributed by atoms with Crippen molar-refractivity contribution in [3.05, 3.63) is 0 Å². The van der Waals surface area contributed by atoms with Crippen LogP contribution in [0.2, 0.25) is 0 Å². The van der Waals surface area contributed by atoms with Gasteiger partial charge in [-0.1, -0.05) is 77.0 Å². The third-order valence-electron chi connectivity index (χ3n) is 12.1. The van der Waals surface area contributed by atoms with Crippen molar-refractivity contribution >= 4 is 40.8 Å². The Bertz CT molecular complexity index is 1190. The van der Waals surface area contributed by atoms with Crippen LogP contribution in [-0.2, 0) is 97.7 Å². The molecule has 0 unspecified atom stereocenters. The summed E-state index contributed by atoms with van der Waals surface area (Å²) in [5, 5.41) is 0. The molecule has 0 rings (SSSR count). The first kappa shape index (κ1) is 94.8. The first-order valence-corrected chi connectivity index (χ1v) is 37.5. The van der Waals surface area contributed by atoms with Gasteiger partial charge < -0.3 is 98.7 Å². The largest absolute Gasteiger partial charge is 3.00 e. The summed E-state index contributed by atoms with van der Waals surface area (Å²) in [6, 6.07) is 0. The van der Waals surface area contributed by atoms with Gasteiger partial charge in [0.05, 0.1) is 119 Å². The molecule has 528 valence electrons. The molecule has 0 aliphatic rings. The standard InChI is InChI=1S/3C20H43O8P.Al/c3*1-3-23-17-19-25-13-9-5-7-11-15-27-29(21,22)28-16-12-8-6-10-14-26-20-18-24-4-2;/h3*3-20H2,1-2H3,(H,21,22);/q;;;+3/p-3. The summed E-state index contributed by atoms with van der Waals surface area (Å²) in [6.45, 7) is 28.8. The normalized spacial score (nSPS) is 11.8. The third kappa shape index (κ3) is 88.4. The van der Waals surface area contributed by atoms with Crippen LogP contribution in [0.3, 0.4) is 0 Å². The summed E-state index contributed by atoms with van der Waals surface area (Å²) in [7, 11) is -12.5. The smallest absolute Gasteiger partial charge is 0.756 e. The van der Waals surface area contributed by atoms with Crippen LogP contribution in [0.25, 0.3) is 0 Å². The molecule has 0 saturated heterocycles. The predicted octanol–water partition coefficient (Wildman–Crippen LogP) is 10.8. The number of phosphoric acid groups is 3. The maximum absolute atomic E-state index is 11.7. The molecule has 24 nitrogen and oxygen atoms in total. The summed E-state index contributed by atoms with van der Waals surface area (Å²) >= 11 is 0. The molecule has 0 aromatic carbocycles. The average Bonchev–Trinajstić information content (AvgIpc) is 3.50. The Morgan fingerprint density at radius 1 is 0.182 bits per heavy atom. The van der Waals surface area contributed by atoms with E-state index in [1.54, 1.807) is 0 Å². The molecule has 88 heavy (non-hydrogen) atoms. The average molecular weight is 1350 g/mol. The SMILES string of the molecule is CCOCCOCCCCCCOP(=O)([O-])OCCCCCCOCCOCC.CCOCCOCCCCCCOP(=O)([O-])OCCCCCCOCCOCC.CCOCCOCCCCCCOP(=O)([O-])OCCCCCCOCCOCC.[Al+3]. The predicted molar refractivity (Wildman–Crippen MR) is 339 cm³/mol. The quantitative estimate of drug-likeness (QED) is 0.0311. The summed E-state index contributed by atoms with van der Waals surface area (Å²) in [5.74, 6) is 0. The van der Waals surface area contributed by atoms with E-state index in [4.69, 9.17) is 84.0 Å². The van der Waals surface area contributed by atoms with Gasteiger partial charge in [0, 0.05) is 79.3 Å². The zero-order chi connectivity index (χ0) is 64.4. The Balaban J connectivity index is -0.000000598. The van der Waals surface area contributed by atoms with Gasteiger partial charge in [0.1, 0.15) is 0 Å². The minimum Gasteiger partial charge on any atom is -0.756 e. The fourth-order valence-corrected chi connectivity index (χ4v) is 9.65. The molecule has 0 aromatic heterocycles. The van der Waals surface area contributed by atoms with E-state index in [-0.39, 0.29) is 57.0 Å². The van der Waals surface area contributed by atoms with Gasteiger partial charge in [-0.3, -0.25) is 13.7 Å². The third-order valence-corrected chi connectivity index (χ3v) is 15.0. The minimum atomic E-state index is -4.17. The number of ether oxygens (including phenoxy) is 12. The Kier molecular flexibility index (Phi) is 86.0. The van der Waals surface area contributed by atoms with Gasteiger partial charge >= 0.3 is 17.4 Å². The number of phosphoric ester groups is 3. The summed E-state index contributed by atoms with van der Waals surface area (Å²) in [4.78, 5) is 35.0. The molecule has 0 fully saturated rings. The van der Waals surface area contributed by atoms with Gasteiger partial charge in [0.2, 0.25) is 0 Å². The van der Waals surface area contributed by atoms with Crippen LogP contribution in [0, 0.1) is 0 Å². The summed E-state index contributed by atoms with van der Waals surface area (Å²) < 4.78 is 128. The van der Waals surface area contributed by atoms with Gasteiger partial charge in [0.15, 0.2) is 0 Å². The van der Waals surface area contributed by atoms with Crippen molar-refractivity contribution in [1.82, 2.24) is 0 Å². The van der Waals surface area contributed by atoms with Gasteiger partial charge in [-0.05, 0) is 119 Å². The van der Waals surface area contributed by atoms with Crippen LogP contribution in [-0.4, -0.2) is 216 Å². The van der Waals surface area contributed by atoms with E-state index in [0.29, 0.717) is 197 Å². The van der Waals surface area contributed by atoms with Crippen LogP contribution in [0.1, 0.15) is 196 Å². The second-order valence-corrected chi connectivity index (χ2v) is 23.9. The Morgan fingerprint density at radius 2 is 0.295 bits per heavy atom. The van der Waals surface area contributed by atoms with Crippen LogP contribution in [0.4, 0.5) is 0 Å². The zero-order valence-electron chi connectivity index (χ0n) is 55.9. The van der Waals surface area contributed by atoms with E-state index in [1.807, 2.05) is 41.5 Å². The molecule has 28 heteroatoms.